The molecule has 0 aliphatic carbocycles. The Morgan fingerprint density at radius 2 is 0.820 bits per heavy atom. The highest BCUT2D eigenvalue weighted by Gasteiger charge is 2.34. The van der Waals surface area contributed by atoms with E-state index < -0.39 is 35.2 Å². The van der Waals surface area contributed by atoms with Crippen LogP contribution in [0.3, 0.4) is 0 Å². The van der Waals surface area contributed by atoms with Crippen molar-refractivity contribution in [1.82, 2.24) is 14.1 Å². The summed E-state index contributed by atoms with van der Waals surface area (Å²) in [7, 11) is 0. The maximum Gasteiger partial charge on any atom is 0.416 e. The van der Waals surface area contributed by atoms with Gasteiger partial charge in [-0.15, -0.1) is 0 Å². The molecule has 12 heteroatoms. The molecular weight excluding hydrogens is 669 g/mol. The molecule has 8 rings (SSSR count). The Balaban J connectivity index is 1.46. The van der Waals surface area contributed by atoms with Crippen LogP contribution in [0.25, 0.3) is 66.1 Å². The minimum absolute atomic E-state index is 0.0447. The summed E-state index contributed by atoms with van der Waals surface area (Å²) >= 11 is 0. The Hall–Kier alpha value is -5.78. The molecule has 0 bridgehead atoms. The molecule has 0 N–H and O–H groups in total. The van der Waals surface area contributed by atoms with E-state index in [1.54, 1.807) is 63.7 Å². The van der Waals surface area contributed by atoms with Gasteiger partial charge in [0.2, 0.25) is 0 Å². The van der Waals surface area contributed by atoms with E-state index in [0.29, 0.717) is 38.5 Å². The molecule has 3 aromatic heterocycles. The van der Waals surface area contributed by atoms with Crippen LogP contribution >= 0.6 is 0 Å². The summed E-state index contributed by atoms with van der Waals surface area (Å²) < 4.78 is 129. The monoisotopic (exact) mass is 689 g/mol. The Bertz CT molecular complexity index is 2620. The van der Waals surface area contributed by atoms with Crippen LogP contribution in [0.1, 0.15) is 16.7 Å². The van der Waals surface area contributed by atoms with E-state index in [0.717, 1.165) is 36.4 Å². The molecule has 0 atom stereocenters. The van der Waals surface area contributed by atoms with Gasteiger partial charge in [-0.05, 0) is 72.8 Å². The predicted octanol–water partition coefficient (Wildman–Crippen LogP) is 12.0. The van der Waals surface area contributed by atoms with E-state index in [4.69, 9.17) is 0 Å². The Kier molecular flexibility index (Phi) is 6.84. The van der Waals surface area contributed by atoms with Crippen molar-refractivity contribution < 1.29 is 39.5 Å². The van der Waals surface area contributed by atoms with Gasteiger partial charge in [-0.1, -0.05) is 36.4 Å². The maximum atomic E-state index is 14.3. The first-order valence-corrected chi connectivity index (χ1v) is 15.1. The SMILES string of the molecule is FC(F)(F)c1ccc(-n2c3ccccc3c3cc(C(F)(F)F)ccc32)c(-c2cnccc2-n2c3ccccc3c3cc(C(F)(F)F)ccc32)c1. The maximum absolute atomic E-state index is 14.3. The van der Waals surface area contributed by atoms with Crippen molar-refractivity contribution in [1.29, 1.82) is 0 Å². The minimum Gasteiger partial charge on any atom is -0.309 e. The van der Waals surface area contributed by atoms with Crippen LogP contribution in [-0.4, -0.2) is 14.1 Å². The number of alkyl halides is 9. The van der Waals surface area contributed by atoms with E-state index in [1.807, 2.05) is 0 Å². The molecule has 0 saturated carbocycles. The predicted molar refractivity (Wildman–Crippen MR) is 173 cm³/mol. The molecule has 3 heterocycles. The highest BCUT2D eigenvalue weighted by Crippen LogP contribution is 2.44. The normalized spacial score (nSPS) is 12.9. The lowest BCUT2D eigenvalue weighted by Crippen LogP contribution is -2.08. The summed E-state index contributed by atoms with van der Waals surface area (Å²) in [6.07, 6.45) is -11.2. The van der Waals surface area contributed by atoms with Crippen LogP contribution in [0.15, 0.2) is 122 Å². The number of rotatable bonds is 3. The Morgan fingerprint density at radius 3 is 1.32 bits per heavy atom. The number of fused-ring (bicyclic) bond motifs is 6. The summed E-state index contributed by atoms with van der Waals surface area (Å²) in [5.41, 5.74) is -0.285. The van der Waals surface area contributed by atoms with Gasteiger partial charge in [0.25, 0.3) is 0 Å². The summed E-state index contributed by atoms with van der Waals surface area (Å²) in [6, 6.07) is 24.6. The van der Waals surface area contributed by atoms with Crippen molar-refractivity contribution in [2.24, 2.45) is 0 Å². The molecule has 3 nitrogen and oxygen atoms in total. The molecule has 0 fully saturated rings. The van der Waals surface area contributed by atoms with Crippen LogP contribution in [-0.2, 0) is 18.5 Å². The van der Waals surface area contributed by atoms with Crippen LogP contribution < -0.4 is 0 Å². The van der Waals surface area contributed by atoms with Gasteiger partial charge in [0.15, 0.2) is 0 Å². The van der Waals surface area contributed by atoms with Crippen LogP contribution in [0.4, 0.5) is 39.5 Å². The lowest BCUT2D eigenvalue weighted by Gasteiger charge is -2.20. The van der Waals surface area contributed by atoms with Crippen molar-refractivity contribution in [3.8, 4) is 22.5 Å². The lowest BCUT2D eigenvalue weighted by atomic mass is 9.99. The molecule has 0 aliphatic rings. The molecule has 50 heavy (non-hydrogen) atoms. The summed E-state index contributed by atoms with van der Waals surface area (Å²) in [5, 5.41) is 1.47. The molecule has 0 spiro atoms. The topological polar surface area (TPSA) is 22.8 Å². The lowest BCUT2D eigenvalue weighted by molar-refractivity contribution is -0.138. The fourth-order valence-corrected chi connectivity index (χ4v) is 6.73. The molecule has 0 aliphatic heterocycles. The number of hydrogen-bond acceptors (Lipinski definition) is 1. The molecule has 5 aromatic carbocycles. The van der Waals surface area contributed by atoms with Gasteiger partial charge in [0.05, 0.1) is 50.1 Å². The molecule has 250 valence electrons. The van der Waals surface area contributed by atoms with Gasteiger partial charge in [0, 0.05) is 45.1 Å². The summed E-state index contributed by atoms with van der Waals surface area (Å²) in [5.74, 6) is 0. The molecule has 8 aromatic rings. The van der Waals surface area contributed by atoms with Crippen molar-refractivity contribution in [3.05, 3.63) is 138 Å². The number of aromatic nitrogens is 3. The molecular formula is C38H20F9N3. The van der Waals surface area contributed by atoms with Gasteiger partial charge >= 0.3 is 18.5 Å². The van der Waals surface area contributed by atoms with Crippen LogP contribution in [0.2, 0.25) is 0 Å². The zero-order valence-electron chi connectivity index (χ0n) is 25.3. The molecule has 0 amide bonds. The van der Waals surface area contributed by atoms with Crippen molar-refractivity contribution in [2.45, 2.75) is 18.5 Å². The van der Waals surface area contributed by atoms with E-state index in [1.165, 1.54) is 30.6 Å². The highest BCUT2D eigenvalue weighted by atomic mass is 19.4. The standard InChI is InChI=1S/C38H20F9N3/c39-36(40,41)21-9-12-32-26(17-21)24-5-1-3-7-30(24)49(32)34-14-11-23(38(45,46)47)19-28(34)29-20-48-16-15-35(29)50-31-8-4-2-6-25(31)27-18-22(37(42,43)44)10-13-33(27)50/h1-20H. The van der Waals surface area contributed by atoms with Gasteiger partial charge in [-0.2, -0.15) is 39.5 Å². The second-order valence-corrected chi connectivity index (χ2v) is 11.8. The second-order valence-electron chi connectivity index (χ2n) is 11.8. The first-order valence-electron chi connectivity index (χ1n) is 15.1. The zero-order valence-corrected chi connectivity index (χ0v) is 25.3. The Morgan fingerprint density at radius 1 is 0.400 bits per heavy atom. The van der Waals surface area contributed by atoms with Crippen molar-refractivity contribution in [3.63, 3.8) is 0 Å². The van der Waals surface area contributed by atoms with E-state index in [-0.39, 0.29) is 27.6 Å². The second kappa shape index (κ2) is 10.9. The largest absolute Gasteiger partial charge is 0.416 e. The average molecular weight is 690 g/mol. The van der Waals surface area contributed by atoms with Gasteiger partial charge in [-0.25, -0.2) is 0 Å². The number of para-hydroxylation sites is 2. The number of benzene rings is 5. The summed E-state index contributed by atoms with van der Waals surface area (Å²) in [4.78, 5) is 4.24. The quantitative estimate of drug-likeness (QED) is 0.169. The van der Waals surface area contributed by atoms with E-state index in [9.17, 15) is 39.5 Å². The molecule has 0 unspecified atom stereocenters. The van der Waals surface area contributed by atoms with E-state index >= 15 is 0 Å². The van der Waals surface area contributed by atoms with Gasteiger partial charge < -0.3 is 9.13 Å². The fraction of sp³-hybridized carbons (Fsp3) is 0.0789. The number of nitrogens with zero attached hydrogens (tertiary/aromatic N) is 3. The number of halogens is 9. The van der Waals surface area contributed by atoms with Gasteiger partial charge in [0.1, 0.15) is 0 Å². The molecule has 0 radical (unpaired) electrons. The van der Waals surface area contributed by atoms with Crippen molar-refractivity contribution >= 4 is 43.6 Å². The van der Waals surface area contributed by atoms with E-state index in [2.05, 4.69) is 4.98 Å². The third kappa shape index (κ3) is 4.96. The summed E-state index contributed by atoms with van der Waals surface area (Å²) in [6.45, 7) is 0. The third-order valence-electron chi connectivity index (χ3n) is 8.89. The molecule has 0 saturated heterocycles. The third-order valence-corrected chi connectivity index (χ3v) is 8.89. The first kappa shape index (κ1) is 31.5. The first-order chi connectivity index (χ1) is 23.7. The smallest absolute Gasteiger partial charge is 0.309 e. The highest BCUT2D eigenvalue weighted by molar-refractivity contribution is 6.11. The number of pyridine rings is 1. The fourth-order valence-electron chi connectivity index (χ4n) is 6.73. The minimum atomic E-state index is -4.76. The zero-order chi connectivity index (χ0) is 35.2. The van der Waals surface area contributed by atoms with Gasteiger partial charge in [-0.3, -0.25) is 4.98 Å². The van der Waals surface area contributed by atoms with Crippen molar-refractivity contribution in [2.75, 3.05) is 0 Å². The number of hydrogen-bond donors (Lipinski definition) is 0. The van der Waals surface area contributed by atoms with Crippen LogP contribution in [0.5, 0.6) is 0 Å². The average Bonchev–Trinajstić information content (AvgIpc) is 3.59. The Labute approximate surface area is 276 Å². The van der Waals surface area contributed by atoms with Crippen LogP contribution in [0, 0.1) is 0 Å².